The topological polar surface area (TPSA) is 49.3 Å². The summed E-state index contributed by atoms with van der Waals surface area (Å²) in [6, 6.07) is 6.57. The molecule has 4 heteroatoms. The predicted molar refractivity (Wildman–Crippen MR) is 80.9 cm³/mol. The van der Waals surface area contributed by atoms with E-state index in [1.54, 1.807) is 11.8 Å². The van der Waals surface area contributed by atoms with Gasteiger partial charge in [0.25, 0.3) is 0 Å². The Bertz CT molecular complexity index is 497. The van der Waals surface area contributed by atoms with Crippen LogP contribution in [-0.4, -0.2) is 29.4 Å². The first-order valence-corrected chi connectivity index (χ1v) is 8.38. The minimum atomic E-state index is -0.141. The largest absolute Gasteiger partial charge is 0.393 e. The van der Waals surface area contributed by atoms with Crippen LogP contribution in [-0.2, 0) is 17.6 Å². The first-order chi connectivity index (χ1) is 9.70. The van der Waals surface area contributed by atoms with E-state index >= 15 is 0 Å². The van der Waals surface area contributed by atoms with Crippen LogP contribution in [0.3, 0.4) is 0 Å². The molecule has 108 valence electrons. The van der Waals surface area contributed by atoms with Gasteiger partial charge in [-0.05, 0) is 61.3 Å². The Hall–Kier alpha value is -1.00. The van der Waals surface area contributed by atoms with Crippen molar-refractivity contribution in [1.82, 2.24) is 5.32 Å². The van der Waals surface area contributed by atoms with Gasteiger partial charge in [0.05, 0.1) is 11.9 Å². The number of rotatable bonds is 5. The minimum absolute atomic E-state index is 0.0943. The van der Waals surface area contributed by atoms with E-state index in [1.165, 1.54) is 35.3 Å². The van der Waals surface area contributed by atoms with Crippen LogP contribution < -0.4 is 5.32 Å². The van der Waals surface area contributed by atoms with Gasteiger partial charge in [-0.25, -0.2) is 0 Å². The molecule has 1 aromatic rings. The molecule has 0 bridgehead atoms. The summed E-state index contributed by atoms with van der Waals surface area (Å²) in [5.74, 6) is 1.05. The highest BCUT2D eigenvalue weighted by atomic mass is 32.2. The summed E-state index contributed by atoms with van der Waals surface area (Å²) in [6.45, 7) is 0.709. The van der Waals surface area contributed by atoms with Gasteiger partial charge in [-0.15, -0.1) is 11.8 Å². The molecular formula is C16H21NO2S. The second-order valence-electron chi connectivity index (χ2n) is 5.87. The van der Waals surface area contributed by atoms with Gasteiger partial charge in [0.2, 0.25) is 5.91 Å². The molecule has 0 aliphatic heterocycles. The first-order valence-electron chi connectivity index (χ1n) is 7.40. The number of thioether (sulfide) groups is 1. The normalized spacial score (nSPS) is 24.1. The maximum atomic E-state index is 11.8. The molecule has 2 aliphatic rings. The highest BCUT2D eigenvalue weighted by Gasteiger charge is 2.27. The lowest BCUT2D eigenvalue weighted by atomic mass is 9.82. The summed E-state index contributed by atoms with van der Waals surface area (Å²) < 4.78 is 0. The molecule has 3 nitrogen and oxygen atoms in total. The van der Waals surface area contributed by atoms with E-state index < -0.39 is 0 Å². The molecule has 1 saturated carbocycles. The molecule has 1 fully saturated rings. The zero-order chi connectivity index (χ0) is 13.9. The van der Waals surface area contributed by atoms with Crippen LogP contribution in [0.4, 0.5) is 0 Å². The van der Waals surface area contributed by atoms with Crippen molar-refractivity contribution in [2.24, 2.45) is 5.92 Å². The Kier molecular flexibility index (Phi) is 4.32. The van der Waals surface area contributed by atoms with E-state index in [1.807, 2.05) is 0 Å². The molecule has 0 unspecified atom stereocenters. The molecule has 0 atom stereocenters. The maximum absolute atomic E-state index is 11.8. The fourth-order valence-electron chi connectivity index (χ4n) is 2.96. The Morgan fingerprint density at radius 1 is 1.30 bits per heavy atom. The minimum Gasteiger partial charge on any atom is -0.393 e. The van der Waals surface area contributed by atoms with Crippen LogP contribution in [0.5, 0.6) is 0 Å². The summed E-state index contributed by atoms with van der Waals surface area (Å²) in [7, 11) is 0. The van der Waals surface area contributed by atoms with Crippen molar-refractivity contribution in [2.45, 2.75) is 43.1 Å². The van der Waals surface area contributed by atoms with E-state index in [0.29, 0.717) is 18.2 Å². The molecule has 0 saturated heterocycles. The van der Waals surface area contributed by atoms with Crippen molar-refractivity contribution in [1.29, 1.82) is 0 Å². The number of aliphatic hydroxyl groups excluding tert-OH is 1. The third-order valence-electron chi connectivity index (χ3n) is 4.24. The van der Waals surface area contributed by atoms with Crippen LogP contribution in [0.2, 0.25) is 0 Å². The summed E-state index contributed by atoms with van der Waals surface area (Å²) in [4.78, 5) is 13.0. The van der Waals surface area contributed by atoms with Crippen molar-refractivity contribution in [3.8, 4) is 0 Å². The van der Waals surface area contributed by atoms with E-state index in [2.05, 4.69) is 23.5 Å². The average molecular weight is 291 g/mol. The fourth-order valence-corrected chi connectivity index (χ4v) is 3.75. The summed E-state index contributed by atoms with van der Waals surface area (Å²) in [6.07, 6.45) is 5.17. The number of aliphatic hydroxyl groups is 1. The van der Waals surface area contributed by atoms with Crippen LogP contribution in [0.25, 0.3) is 0 Å². The number of hydrogen-bond donors (Lipinski definition) is 2. The van der Waals surface area contributed by atoms with Crippen molar-refractivity contribution in [2.75, 3.05) is 12.3 Å². The maximum Gasteiger partial charge on any atom is 0.230 e. The second-order valence-corrected chi connectivity index (χ2v) is 6.92. The lowest BCUT2D eigenvalue weighted by Gasteiger charge is -2.31. The molecule has 2 aliphatic carbocycles. The first kappa shape index (κ1) is 14.0. The number of nitrogens with one attached hydrogen (secondary N) is 1. The van der Waals surface area contributed by atoms with Crippen LogP contribution >= 0.6 is 11.8 Å². The van der Waals surface area contributed by atoms with Gasteiger partial charge in [0.1, 0.15) is 0 Å². The third kappa shape index (κ3) is 3.36. The molecule has 3 rings (SSSR count). The van der Waals surface area contributed by atoms with E-state index in [9.17, 15) is 9.90 Å². The quantitative estimate of drug-likeness (QED) is 0.817. The molecule has 0 spiro atoms. The summed E-state index contributed by atoms with van der Waals surface area (Å²) in [5.41, 5.74) is 2.93. The lowest BCUT2D eigenvalue weighted by molar-refractivity contribution is -0.119. The standard InChI is InChI=1S/C16H21NO2S/c18-14-6-11(7-14)9-17-16(19)10-20-15-5-4-12-2-1-3-13(12)8-15/h4-5,8,11,14,18H,1-3,6-7,9-10H2,(H,17,19). The van der Waals surface area contributed by atoms with Crippen LogP contribution in [0, 0.1) is 5.92 Å². The van der Waals surface area contributed by atoms with Gasteiger partial charge >= 0.3 is 0 Å². The second kappa shape index (κ2) is 6.19. The number of aryl methyl sites for hydroxylation is 2. The van der Waals surface area contributed by atoms with E-state index in [0.717, 1.165) is 12.8 Å². The van der Waals surface area contributed by atoms with Crippen molar-refractivity contribution < 1.29 is 9.90 Å². The lowest BCUT2D eigenvalue weighted by Crippen LogP contribution is -2.38. The van der Waals surface area contributed by atoms with Gasteiger partial charge in [0.15, 0.2) is 0 Å². The average Bonchev–Trinajstić information content (AvgIpc) is 2.87. The Balaban J connectivity index is 1.41. The summed E-state index contributed by atoms with van der Waals surface area (Å²) in [5, 5.41) is 12.2. The highest BCUT2D eigenvalue weighted by molar-refractivity contribution is 8.00. The highest BCUT2D eigenvalue weighted by Crippen LogP contribution is 2.28. The molecule has 1 aromatic carbocycles. The fraction of sp³-hybridized carbons (Fsp3) is 0.562. The molecule has 2 N–H and O–H groups in total. The summed E-state index contributed by atoms with van der Waals surface area (Å²) >= 11 is 1.61. The number of carbonyl (C=O) groups excluding carboxylic acids is 1. The molecular weight excluding hydrogens is 270 g/mol. The Labute approximate surface area is 124 Å². The molecule has 1 amide bonds. The Morgan fingerprint density at radius 2 is 2.10 bits per heavy atom. The number of benzene rings is 1. The number of hydrogen-bond acceptors (Lipinski definition) is 3. The van der Waals surface area contributed by atoms with Gasteiger partial charge < -0.3 is 10.4 Å². The zero-order valence-corrected chi connectivity index (χ0v) is 12.4. The van der Waals surface area contributed by atoms with Gasteiger partial charge in [0, 0.05) is 11.4 Å². The van der Waals surface area contributed by atoms with Crippen LogP contribution in [0.15, 0.2) is 23.1 Å². The smallest absolute Gasteiger partial charge is 0.230 e. The molecule has 0 aromatic heterocycles. The van der Waals surface area contributed by atoms with Crippen molar-refractivity contribution >= 4 is 17.7 Å². The number of carbonyl (C=O) groups is 1. The van der Waals surface area contributed by atoms with Crippen LogP contribution in [0.1, 0.15) is 30.4 Å². The van der Waals surface area contributed by atoms with Crippen molar-refractivity contribution in [3.05, 3.63) is 29.3 Å². The number of fused-ring (bicyclic) bond motifs is 1. The van der Waals surface area contributed by atoms with Gasteiger partial charge in [-0.3, -0.25) is 4.79 Å². The molecule has 0 radical (unpaired) electrons. The van der Waals surface area contributed by atoms with E-state index in [4.69, 9.17) is 0 Å². The van der Waals surface area contributed by atoms with Crippen molar-refractivity contribution in [3.63, 3.8) is 0 Å². The molecule has 0 heterocycles. The van der Waals surface area contributed by atoms with Gasteiger partial charge in [-0.2, -0.15) is 0 Å². The van der Waals surface area contributed by atoms with E-state index in [-0.39, 0.29) is 12.0 Å². The molecule has 20 heavy (non-hydrogen) atoms. The zero-order valence-electron chi connectivity index (χ0n) is 11.6. The Morgan fingerprint density at radius 3 is 2.90 bits per heavy atom. The SMILES string of the molecule is O=C(CSc1ccc2c(c1)CCC2)NCC1CC(O)C1. The number of amides is 1. The third-order valence-corrected chi connectivity index (χ3v) is 5.23. The van der Waals surface area contributed by atoms with Gasteiger partial charge in [-0.1, -0.05) is 6.07 Å². The predicted octanol–water partition coefficient (Wildman–Crippen LogP) is 2.15. The monoisotopic (exact) mass is 291 g/mol.